The number of nitrogens with zero attached hydrogens (tertiary/aromatic N) is 2. The molecule has 0 bridgehead atoms. The topological polar surface area (TPSA) is 54.9 Å². The molecule has 22 heavy (non-hydrogen) atoms. The zero-order chi connectivity index (χ0) is 15.9. The second-order valence-electron chi connectivity index (χ2n) is 5.48. The third-order valence-electron chi connectivity index (χ3n) is 3.98. The lowest BCUT2D eigenvalue weighted by atomic mass is 9.88. The van der Waals surface area contributed by atoms with E-state index in [1.807, 2.05) is 25.1 Å². The average Bonchev–Trinajstić information content (AvgIpc) is 2.56. The fraction of sp³-hybridized carbons (Fsp3) is 0.389. The normalized spacial score (nSPS) is 12.2. The van der Waals surface area contributed by atoms with Gasteiger partial charge in [-0.15, -0.1) is 0 Å². The lowest BCUT2D eigenvalue weighted by Gasteiger charge is -2.26. The molecule has 0 spiro atoms. The van der Waals surface area contributed by atoms with Crippen LogP contribution >= 0.6 is 0 Å². The highest BCUT2D eigenvalue weighted by Gasteiger charge is 2.23. The van der Waals surface area contributed by atoms with Crippen LogP contribution in [0.2, 0.25) is 0 Å². The van der Waals surface area contributed by atoms with Gasteiger partial charge in [-0.1, -0.05) is 57.0 Å². The lowest BCUT2D eigenvalue weighted by molar-refractivity contribution is 0.0914. The van der Waals surface area contributed by atoms with Gasteiger partial charge >= 0.3 is 0 Å². The van der Waals surface area contributed by atoms with Crippen molar-refractivity contribution < 1.29 is 4.79 Å². The molecule has 0 radical (unpaired) electrons. The Hall–Kier alpha value is -2.23. The number of amides is 1. The van der Waals surface area contributed by atoms with Crippen LogP contribution in [0.3, 0.4) is 0 Å². The summed E-state index contributed by atoms with van der Waals surface area (Å²) in [5.41, 5.74) is 2.29. The molecule has 2 aromatic rings. The van der Waals surface area contributed by atoms with Crippen molar-refractivity contribution in [3.8, 4) is 0 Å². The van der Waals surface area contributed by atoms with E-state index in [2.05, 4.69) is 41.3 Å². The van der Waals surface area contributed by atoms with Crippen LogP contribution in [-0.4, -0.2) is 15.9 Å². The molecule has 0 saturated heterocycles. The lowest BCUT2D eigenvalue weighted by Crippen LogP contribution is -2.33. The van der Waals surface area contributed by atoms with Crippen molar-refractivity contribution >= 4 is 5.91 Å². The van der Waals surface area contributed by atoms with Gasteiger partial charge in [0.05, 0.1) is 17.9 Å². The molecule has 0 aliphatic rings. The Morgan fingerprint density at radius 3 is 2.32 bits per heavy atom. The highest BCUT2D eigenvalue weighted by atomic mass is 16.1. The van der Waals surface area contributed by atoms with Crippen LogP contribution in [0.1, 0.15) is 54.5 Å². The van der Waals surface area contributed by atoms with E-state index in [0.29, 0.717) is 11.6 Å². The van der Waals surface area contributed by atoms with Gasteiger partial charge in [-0.25, -0.2) is 4.98 Å². The number of nitrogens with one attached hydrogen (secondary N) is 1. The second-order valence-corrected chi connectivity index (χ2v) is 5.48. The summed E-state index contributed by atoms with van der Waals surface area (Å²) in [6.45, 7) is 6.16. The third-order valence-corrected chi connectivity index (χ3v) is 3.98. The molecule has 1 aromatic heterocycles. The highest BCUT2D eigenvalue weighted by molar-refractivity contribution is 5.92. The maximum absolute atomic E-state index is 12.5. The number of benzene rings is 1. The molecule has 0 aliphatic heterocycles. The molecule has 0 fully saturated rings. The van der Waals surface area contributed by atoms with Gasteiger partial charge in [-0.2, -0.15) is 0 Å². The molecule has 1 aromatic carbocycles. The molecular weight excluding hydrogens is 274 g/mol. The summed E-state index contributed by atoms with van der Waals surface area (Å²) < 4.78 is 0. The van der Waals surface area contributed by atoms with Crippen molar-refractivity contribution in [1.29, 1.82) is 0 Å². The summed E-state index contributed by atoms with van der Waals surface area (Å²) in [5, 5.41) is 3.13. The molecule has 2 rings (SSSR count). The first-order valence-electron chi connectivity index (χ1n) is 7.80. The molecule has 1 amide bonds. The SMILES string of the molecule is CCC(CC)[C@@H](NC(=O)c1cnc(C)cn1)c1ccccc1. The van der Waals surface area contributed by atoms with Gasteiger partial charge in [-0.3, -0.25) is 9.78 Å². The first kappa shape index (κ1) is 16.1. The first-order chi connectivity index (χ1) is 10.7. The van der Waals surface area contributed by atoms with E-state index in [1.54, 1.807) is 6.20 Å². The molecule has 0 unspecified atom stereocenters. The maximum atomic E-state index is 12.5. The minimum absolute atomic E-state index is 0.00759. The predicted octanol–water partition coefficient (Wildman–Crippen LogP) is 3.69. The molecule has 0 aliphatic carbocycles. The van der Waals surface area contributed by atoms with E-state index in [-0.39, 0.29) is 11.9 Å². The molecule has 4 nitrogen and oxygen atoms in total. The predicted molar refractivity (Wildman–Crippen MR) is 87.5 cm³/mol. The quantitative estimate of drug-likeness (QED) is 0.884. The molecule has 1 atom stereocenters. The molecule has 4 heteroatoms. The Balaban J connectivity index is 2.22. The molecule has 116 valence electrons. The maximum Gasteiger partial charge on any atom is 0.271 e. The van der Waals surface area contributed by atoms with Gasteiger partial charge in [0.25, 0.3) is 5.91 Å². The summed E-state index contributed by atoms with van der Waals surface area (Å²) in [6.07, 6.45) is 5.16. The fourth-order valence-electron chi connectivity index (χ4n) is 2.62. The average molecular weight is 297 g/mol. The summed E-state index contributed by atoms with van der Waals surface area (Å²) >= 11 is 0. The minimum Gasteiger partial charge on any atom is -0.344 e. The zero-order valence-electron chi connectivity index (χ0n) is 13.4. The summed E-state index contributed by atoms with van der Waals surface area (Å²) in [7, 11) is 0. The number of aromatic nitrogens is 2. The van der Waals surface area contributed by atoms with E-state index < -0.39 is 0 Å². The Kier molecular flexibility index (Phi) is 5.64. The molecular formula is C18H23N3O. The van der Waals surface area contributed by atoms with Crippen molar-refractivity contribution in [3.05, 3.63) is 59.7 Å². The smallest absolute Gasteiger partial charge is 0.271 e. The van der Waals surface area contributed by atoms with Gasteiger partial charge < -0.3 is 5.32 Å². The number of hydrogen-bond donors (Lipinski definition) is 1. The summed E-state index contributed by atoms with van der Waals surface area (Å²) in [6, 6.07) is 10.1. The van der Waals surface area contributed by atoms with E-state index in [4.69, 9.17) is 0 Å². The second kappa shape index (κ2) is 7.69. The van der Waals surface area contributed by atoms with Gasteiger partial charge in [-0.05, 0) is 18.4 Å². The van der Waals surface area contributed by atoms with E-state index in [1.165, 1.54) is 6.20 Å². The van der Waals surface area contributed by atoms with Crippen LogP contribution in [-0.2, 0) is 0 Å². The van der Waals surface area contributed by atoms with Crippen molar-refractivity contribution in [2.75, 3.05) is 0 Å². The molecule has 1 N–H and O–H groups in total. The molecule has 1 heterocycles. The first-order valence-corrected chi connectivity index (χ1v) is 7.80. The van der Waals surface area contributed by atoms with Crippen LogP contribution in [0.25, 0.3) is 0 Å². The van der Waals surface area contributed by atoms with Gasteiger partial charge in [0.15, 0.2) is 0 Å². The Morgan fingerprint density at radius 2 is 1.77 bits per heavy atom. The zero-order valence-corrected chi connectivity index (χ0v) is 13.4. The van der Waals surface area contributed by atoms with Crippen molar-refractivity contribution in [1.82, 2.24) is 15.3 Å². The Morgan fingerprint density at radius 1 is 1.09 bits per heavy atom. The minimum atomic E-state index is -0.173. The summed E-state index contributed by atoms with van der Waals surface area (Å²) in [5.74, 6) is 0.220. The van der Waals surface area contributed by atoms with Gasteiger partial charge in [0.2, 0.25) is 0 Å². The van der Waals surface area contributed by atoms with Crippen molar-refractivity contribution in [3.63, 3.8) is 0 Å². The summed E-state index contributed by atoms with van der Waals surface area (Å²) in [4.78, 5) is 20.8. The fourth-order valence-corrected chi connectivity index (χ4v) is 2.62. The van der Waals surface area contributed by atoms with E-state index in [0.717, 1.165) is 24.1 Å². The van der Waals surface area contributed by atoms with Crippen molar-refractivity contribution in [2.24, 2.45) is 5.92 Å². The number of rotatable bonds is 6. The van der Waals surface area contributed by atoms with Crippen LogP contribution in [0.4, 0.5) is 0 Å². The van der Waals surface area contributed by atoms with Crippen molar-refractivity contribution in [2.45, 2.75) is 39.7 Å². The number of carbonyl (C=O) groups excluding carboxylic acids is 1. The number of hydrogen-bond acceptors (Lipinski definition) is 3. The Bertz CT molecular complexity index is 591. The van der Waals surface area contributed by atoms with Crippen LogP contribution in [0.5, 0.6) is 0 Å². The monoisotopic (exact) mass is 297 g/mol. The molecule has 0 saturated carbocycles. The highest BCUT2D eigenvalue weighted by Crippen LogP contribution is 2.27. The number of carbonyl (C=O) groups is 1. The van der Waals surface area contributed by atoms with Crippen LogP contribution < -0.4 is 5.32 Å². The third kappa shape index (κ3) is 3.91. The largest absolute Gasteiger partial charge is 0.344 e. The van der Waals surface area contributed by atoms with E-state index in [9.17, 15) is 4.79 Å². The van der Waals surface area contributed by atoms with Gasteiger partial charge in [0, 0.05) is 6.20 Å². The van der Waals surface area contributed by atoms with Gasteiger partial charge in [0.1, 0.15) is 5.69 Å². The van der Waals surface area contributed by atoms with Crippen LogP contribution in [0.15, 0.2) is 42.7 Å². The standard InChI is InChI=1S/C18H23N3O/c1-4-14(5-2)17(15-9-7-6-8-10-15)21-18(22)16-12-19-13(3)11-20-16/h6-12,14,17H,4-5H2,1-3H3,(H,21,22)/t17-/m1/s1. The van der Waals surface area contributed by atoms with Crippen LogP contribution in [0, 0.1) is 12.8 Å². The van der Waals surface area contributed by atoms with E-state index >= 15 is 0 Å². The number of aryl methyl sites for hydroxylation is 1. The Labute approximate surface area is 132 Å².